The summed E-state index contributed by atoms with van der Waals surface area (Å²) < 4.78 is 2.08. The number of aryl methyl sites for hydroxylation is 2. The van der Waals surface area contributed by atoms with Crippen LogP contribution in [0.25, 0.3) is 5.69 Å². The van der Waals surface area contributed by atoms with E-state index in [1.54, 1.807) is 11.8 Å². The smallest absolute Gasteiger partial charge is 0.220 e. The summed E-state index contributed by atoms with van der Waals surface area (Å²) in [6.07, 6.45) is 7.60. The van der Waals surface area contributed by atoms with E-state index >= 15 is 0 Å². The molecular weight excluding hydrogens is 440 g/mol. The van der Waals surface area contributed by atoms with Crippen LogP contribution >= 0.6 is 11.8 Å². The van der Waals surface area contributed by atoms with Gasteiger partial charge in [-0.3, -0.25) is 9.36 Å². The Morgan fingerprint density at radius 3 is 2.44 bits per heavy atom. The molecule has 1 amide bonds. The van der Waals surface area contributed by atoms with Crippen LogP contribution in [0.5, 0.6) is 0 Å². The predicted octanol–water partition coefficient (Wildman–Crippen LogP) is 7.10. The van der Waals surface area contributed by atoms with Crippen molar-refractivity contribution in [2.45, 2.75) is 89.6 Å². The molecule has 1 aromatic heterocycles. The lowest BCUT2D eigenvalue weighted by Gasteiger charge is -2.16. The van der Waals surface area contributed by atoms with Gasteiger partial charge in [-0.2, -0.15) is 0 Å². The number of rotatable bonds is 13. The van der Waals surface area contributed by atoms with Gasteiger partial charge in [0.15, 0.2) is 11.0 Å². The number of hydrogen-bond acceptors (Lipinski definition) is 4. The summed E-state index contributed by atoms with van der Waals surface area (Å²) in [6.45, 7) is 8.39. The molecule has 2 aromatic carbocycles. The van der Waals surface area contributed by atoms with Crippen LogP contribution in [0.2, 0.25) is 0 Å². The quantitative estimate of drug-likeness (QED) is 0.210. The minimum atomic E-state index is -0.227. The molecule has 1 heterocycles. The van der Waals surface area contributed by atoms with E-state index in [0.717, 1.165) is 35.3 Å². The highest BCUT2D eigenvalue weighted by molar-refractivity contribution is 7.98. The molecular formula is C28H38N4OS. The molecule has 1 atom stereocenters. The highest BCUT2D eigenvalue weighted by Gasteiger charge is 2.21. The molecule has 1 N–H and O–H groups in total. The van der Waals surface area contributed by atoms with E-state index in [9.17, 15) is 4.79 Å². The molecule has 0 spiro atoms. The summed E-state index contributed by atoms with van der Waals surface area (Å²) in [4.78, 5) is 12.6. The van der Waals surface area contributed by atoms with E-state index in [2.05, 4.69) is 89.4 Å². The number of unbranched alkanes of at least 4 members (excludes halogenated alkanes) is 5. The Balaban J connectivity index is 1.70. The zero-order chi connectivity index (χ0) is 24.3. The Bertz CT molecular complexity index is 1040. The molecule has 3 aromatic rings. The summed E-state index contributed by atoms with van der Waals surface area (Å²) in [5.41, 5.74) is 4.72. The van der Waals surface area contributed by atoms with E-state index < -0.39 is 0 Å². The van der Waals surface area contributed by atoms with Gasteiger partial charge in [0.05, 0.1) is 6.04 Å². The summed E-state index contributed by atoms with van der Waals surface area (Å²) >= 11 is 1.66. The lowest BCUT2D eigenvalue weighted by molar-refractivity contribution is -0.121. The molecule has 0 aliphatic heterocycles. The summed E-state index contributed by atoms with van der Waals surface area (Å²) in [5.74, 6) is 1.65. The standard InChI is InChI=1S/C28H38N4OS/c1-5-6-7-8-9-10-14-26(33)29-23(4)27-30-31-28(32(27)25-17-15-21(2)16-18-25)34-20-24-13-11-12-22(3)19-24/h11-13,15-19,23H,5-10,14,20H2,1-4H3,(H,29,33). The first-order chi connectivity index (χ1) is 16.5. The van der Waals surface area contributed by atoms with Crippen LogP contribution in [0.4, 0.5) is 0 Å². The van der Waals surface area contributed by atoms with E-state index in [4.69, 9.17) is 0 Å². The summed E-state index contributed by atoms with van der Waals surface area (Å²) in [5, 5.41) is 13.0. The number of amides is 1. The zero-order valence-corrected chi connectivity index (χ0v) is 21.8. The molecule has 0 bridgehead atoms. The van der Waals surface area contributed by atoms with Crippen molar-refractivity contribution in [2.24, 2.45) is 0 Å². The van der Waals surface area contributed by atoms with Crippen LogP contribution in [-0.2, 0) is 10.5 Å². The van der Waals surface area contributed by atoms with Crippen LogP contribution in [0.1, 0.15) is 87.3 Å². The van der Waals surface area contributed by atoms with Crippen molar-refractivity contribution >= 4 is 17.7 Å². The largest absolute Gasteiger partial charge is 0.346 e. The number of thioether (sulfide) groups is 1. The van der Waals surface area contributed by atoms with E-state index in [1.807, 2.05) is 6.92 Å². The number of carbonyl (C=O) groups is 1. The molecule has 0 fully saturated rings. The third-order valence-corrected chi connectivity index (χ3v) is 6.92. The van der Waals surface area contributed by atoms with Gasteiger partial charge < -0.3 is 5.32 Å². The minimum Gasteiger partial charge on any atom is -0.346 e. The second-order valence-electron chi connectivity index (χ2n) is 9.10. The van der Waals surface area contributed by atoms with E-state index in [-0.39, 0.29) is 11.9 Å². The number of benzene rings is 2. The fourth-order valence-electron chi connectivity index (χ4n) is 3.99. The van der Waals surface area contributed by atoms with Gasteiger partial charge in [-0.25, -0.2) is 0 Å². The Labute approximate surface area is 208 Å². The molecule has 0 saturated heterocycles. The van der Waals surface area contributed by atoms with Gasteiger partial charge in [-0.15, -0.1) is 10.2 Å². The Morgan fingerprint density at radius 1 is 0.971 bits per heavy atom. The fraction of sp³-hybridized carbons (Fsp3) is 0.464. The van der Waals surface area contributed by atoms with Crippen LogP contribution in [0.3, 0.4) is 0 Å². The lowest BCUT2D eigenvalue weighted by Crippen LogP contribution is -2.28. The van der Waals surface area contributed by atoms with Crippen molar-refractivity contribution < 1.29 is 4.79 Å². The topological polar surface area (TPSA) is 59.8 Å². The van der Waals surface area contributed by atoms with E-state index in [1.165, 1.54) is 42.4 Å². The van der Waals surface area contributed by atoms with Crippen molar-refractivity contribution in [3.8, 4) is 5.69 Å². The first kappa shape index (κ1) is 26.0. The highest BCUT2D eigenvalue weighted by atomic mass is 32.2. The van der Waals surface area contributed by atoms with Crippen LogP contribution in [-0.4, -0.2) is 20.7 Å². The maximum Gasteiger partial charge on any atom is 0.220 e. The lowest BCUT2D eigenvalue weighted by atomic mass is 10.1. The highest BCUT2D eigenvalue weighted by Crippen LogP contribution is 2.28. The van der Waals surface area contributed by atoms with Crippen LogP contribution in [0.15, 0.2) is 53.7 Å². The first-order valence-corrected chi connectivity index (χ1v) is 13.5. The van der Waals surface area contributed by atoms with Crippen molar-refractivity contribution in [1.82, 2.24) is 20.1 Å². The maximum absolute atomic E-state index is 12.6. The summed E-state index contributed by atoms with van der Waals surface area (Å²) in [6, 6.07) is 16.7. The van der Waals surface area contributed by atoms with Crippen molar-refractivity contribution in [3.05, 3.63) is 71.0 Å². The molecule has 1 unspecified atom stereocenters. The number of nitrogens with zero attached hydrogens (tertiary/aromatic N) is 3. The summed E-state index contributed by atoms with van der Waals surface area (Å²) in [7, 11) is 0. The number of nitrogens with one attached hydrogen (secondary N) is 1. The average molecular weight is 479 g/mol. The molecule has 0 saturated carbocycles. The van der Waals surface area contributed by atoms with Gasteiger partial charge in [0.25, 0.3) is 0 Å². The van der Waals surface area contributed by atoms with Crippen LogP contribution < -0.4 is 5.32 Å². The average Bonchev–Trinajstić information content (AvgIpc) is 3.24. The third kappa shape index (κ3) is 7.73. The second kappa shape index (κ2) is 13.3. The van der Waals surface area contributed by atoms with Gasteiger partial charge >= 0.3 is 0 Å². The molecule has 0 aliphatic rings. The molecule has 3 rings (SSSR count). The minimum absolute atomic E-state index is 0.0791. The van der Waals surface area contributed by atoms with Crippen molar-refractivity contribution in [2.75, 3.05) is 0 Å². The second-order valence-corrected chi connectivity index (χ2v) is 10.0. The Kier molecular flexibility index (Phi) is 10.2. The fourth-order valence-corrected chi connectivity index (χ4v) is 4.89. The SMILES string of the molecule is CCCCCCCCC(=O)NC(C)c1nnc(SCc2cccc(C)c2)n1-c1ccc(C)cc1. The van der Waals surface area contributed by atoms with Crippen molar-refractivity contribution in [3.63, 3.8) is 0 Å². The van der Waals surface area contributed by atoms with Gasteiger partial charge in [-0.05, 0) is 44.9 Å². The normalized spacial score (nSPS) is 12.0. The molecule has 5 nitrogen and oxygen atoms in total. The van der Waals surface area contributed by atoms with Gasteiger partial charge in [0.1, 0.15) is 0 Å². The number of carbonyl (C=O) groups excluding carboxylic acids is 1. The molecule has 34 heavy (non-hydrogen) atoms. The number of hydrogen-bond donors (Lipinski definition) is 1. The van der Waals surface area contributed by atoms with Gasteiger partial charge in [0, 0.05) is 17.9 Å². The molecule has 0 aliphatic carbocycles. The Morgan fingerprint density at radius 2 is 1.71 bits per heavy atom. The molecule has 6 heteroatoms. The zero-order valence-electron chi connectivity index (χ0n) is 21.0. The van der Waals surface area contributed by atoms with Gasteiger partial charge in [-0.1, -0.05) is 98.3 Å². The monoisotopic (exact) mass is 478 g/mol. The van der Waals surface area contributed by atoms with Crippen LogP contribution in [0, 0.1) is 13.8 Å². The van der Waals surface area contributed by atoms with Gasteiger partial charge in [0.2, 0.25) is 5.91 Å². The first-order valence-electron chi connectivity index (χ1n) is 12.5. The molecule has 182 valence electrons. The predicted molar refractivity (Wildman–Crippen MR) is 141 cm³/mol. The van der Waals surface area contributed by atoms with E-state index in [0.29, 0.717) is 6.42 Å². The molecule has 0 radical (unpaired) electrons. The number of aromatic nitrogens is 3. The van der Waals surface area contributed by atoms with Crippen molar-refractivity contribution in [1.29, 1.82) is 0 Å². The Hall–Kier alpha value is -2.60. The third-order valence-electron chi connectivity index (χ3n) is 5.92. The maximum atomic E-state index is 12.6.